The highest BCUT2D eigenvalue weighted by atomic mass is 16.5. The molecule has 5 heteroatoms. The molecule has 2 aliphatic rings. The molecule has 2 aliphatic heterocycles. The number of phenolic OH excluding ortho intramolecular Hbond substituents is 2. The van der Waals surface area contributed by atoms with Crippen LogP contribution >= 0.6 is 0 Å². The third kappa shape index (κ3) is 3.31. The lowest BCUT2D eigenvalue weighted by Gasteiger charge is -2.41. The van der Waals surface area contributed by atoms with E-state index in [4.69, 9.17) is 4.74 Å². The lowest BCUT2D eigenvalue weighted by atomic mass is 9.85. The van der Waals surface area contributed by atoms with Crippen LogP contribution in [0.25, 0.3) is 0 Å². The van der Waals surface area contributed by atoms with Gasteiger partial charge in [0.2, 0.25) is 0 Å². The largest absolute Gasteiger partial charge is 0.508 e. The number of ether oxygens (including phenoxy) is 1. The van der Waals surface area contributed by atoms with Gasteiger partial charge in [-0.05, 0) is 37.0 Å². The summed E-state index contributed by atoms with van der Waals surface area (Å²) in [5.41, 5.74) is 0.851. The van der Waals surface area contributed by atoms with Gasteiger partial charge in [0.25, 0.3) is 0 Å². The normalized spacial score (nSPS) is 23.0. The molecule has 0 amide bonds. The van der Waals surface area contributed by atoms with Crippen molar-refractivity contribution < 1.29 is 14.9 Å². The highest BCUT2D eigenvalue weighted by molar-refractivity contribution is 5.41. The zero-order valence-corrected chi connectivity index (χ0v) is 12.3. The molecule has 0 saturated carbocycles. The van der Waals surface area contributed by atoms with Crippen LogP contribution in [0.15, 0.2) is 18.2 Å². The minimum atomic E-state index is 0.156. The lowest BCUT2D eigenvalue weighted by molar-refractivity contribution is 0.0206. The maximum Gasteiger partial charge on any atom is 0.120 e. The molecule has 21 heavy (non-hydrogen) atoms. The molecule has 3 N–H and O–H groups in total. The predicted molar refractivity (Wildman–Crippen MR) is 80.5 cm³/mol. The van der Waals surface area contributed by atoms with E-state index in [0.717, 1.165) is 57.8 Å². The Bertz CT molecular complexity index is 451. The van der Waals surface area contributed by atoms with Gasteiger partial charge in [-0.25, -0.2) is 0 Å². The molecule has 5 nitrogen and oxygen atoms in total. The van der Waals surface area contributed by atoms with Gasteiger partial charge >= 0.3 is 0 Å². The first kappa shape index (κ1) is 14.6. The SMILES string of the molecule is Oc1ccc(O)c([C@H](C2CCOCC2)N2CCNCC2)c1. The van der Waals surface area contributed by atoms with Crippen molar-refractivity contribution in [2.45, 2.75) is 18.9 Å². The van der Waals surface area contributed by atoms with Crippen molar-refractivity contribution in [2.75, 3.05) is 39.4 Å². The van der Waals surface area contributed by atoms with Gasteiger partial charge in [-0.15, -0.1) is 0 Å². The van der Waals surface area contributed by atoms with E-state index in [0.29, 0.717) is 5.92 Å². The van der Waals surface area contributed by atoms with E-state index in [1.807, 2.05) is 0 Å². The summed E-state index contributed by atoms with van der Waals surface area (Å²) in [4.78, 5) is 2.43. The quantitative estimate of drug-likeness (QED) is 0.736. The fraction of sp³-hybridized carbons (Fsp3) is 0.625. The second-order valence-corrected chi connectivity index (χ2v) is 5.92. The summed E-state index contributed by atoms with van der Waals surface area (Å²) in [7, 11) is 0. The van der Waals surface area contributed by atoms with Crippen LogP contribution < -0.4 is 5.32 Å². The number of hydrogen-bond donors (Lipinski definition) is 3. The van der Waals surface area contributed by atoms with Crippen LogP contribution in [0.5, 0.6) is 11.5 Å². The summed E-state index contributed by atoms with van der Waals surface area (Å²) in [5.74, 6) is 0.961. The topological polar surface area (TPSA) is 65.0 Å². The first-order valence-electron chi connectivity index (χ1n) is 7.80. The minimum Gasteiger partial charge on any atom is -0.508 e. The van der Waals surface area contributed by atoms with Crippen LogP contribution in [0, 0.1) is 5.92 Å². The zero-order chi connectivity index (χ0) is 14.7. The van der Waals surface area contributed by atoms with Gasteiger partial charge < -0.3 is 20.3 Å². The molecule has 3 rings (SSSR count). The Morgan fingerprint density at radius 1 is 1.14 bits per heavy atom. The third-order valence-corrected chi connectivity index (χ3v) is 4.59. The summed E-state index contributed by atoms with van der Waals surface area (Å²) in [6.45, 7) is 5.45. The molecule has 2 heterocycles. The van der Waals surface area contributed by atoms with Crippen molar-refractivity contribution in [3.63, 3.8) is 0 Å². The molecule has 0 aliphatic carbocycles. The smallest absolute Gasteiger partial charge is 0.120 e. The molecule has 116 valence electrons. The number of aromatic hydroxyl groups is 2. The lowest BCUT2D eigenvalue weighted by Crippen LogP contribution is -2.47. The van der Waals surface area contributed by atoms with Crippen LogP contribution in [-0.4, -0.2) is 54.5 Å². The molecular formula is C16H24N2O3. The molecule has 0 spiro atoms. The highest BCUT2D eigenvalue weighted by Gasteiger charge is 2.33. The Balaban J connectivity index is 1.91. The summed E-state index contributed by atoms with van der Waals surface area (Å²) in [6.07, 6.45) is 2.01. The average molecular weight is 292 g/mol. The molecule has 0 aromatic heterocycles. The van der Waals surface area contributed by atoms with Crippen molar-refractivity contribution in [3.8, 4) is 11.5 Å². The molecule has 1 atom stereocenters. The van der Waals surface area contributed by atoms with Crippen molar-refractivity contribution >= 4 is 0 Å². The summed E-state index contributed by atoms with van der Waals surface area (Å²) in [6, 6.07) is 5.01. The van der Waals surface area contributed by atoms with E-state index in [9.17, 15) is 10.2 Å². The number of benzene rings is 1. The first-order valence-corrected chi connectivity index (χ1v) is 7.80. The van der Waals surface area contributed by atoms with Gasteiger partial charge in [-0.2, -0.15) is 0 Å². The molecule has 0 unspecified atom stereocenters. The summed E-state index contributed by atoms with van der Waals surface area (Å²) in [5, 5.41) is 23.5. The van der Waals surface area contributed by atoms with Crippen molar-refractivity contribution in [3.05, 3.63) is 23.8 Å². The van der Waals surface area contributed by atoms with Crippen molar-refractivity contribution in [2.24, 2.45) is 5.92 Å². The second kappa shape index (κ2) is 6.64. The number of piperazine rings is 1. The predicted octanol–water partition coefficient (Wildman–Crippen LogP) is 1.47. The molecule has 1 aromatic rings. The van der Waals surface area contributed by atoms with Crippen LogP contribution in [0.2, 0.25) is 0 Å². The van der Waals surface area contributed by atoms with E-state index in [-0.39, 0.29) is 17.5 Å². The molecule has 0 radical (unpaired) electrons. The Labute approximate surface area is 125 Å². The third-order valence-electron chi connectivity index (χ3n) is 4.59. The standard InChI is InChI=1S/C16H24N2O3/c19-13-1-2-15(20)14(11-13)16(12-3-9-21-10-4-12)18-7-5-17-6-8-18/h1-2,11-12,16-17,19-20H,3-10H2/t16-/m0/s1. The van der Waals surface area contributed by atoms with Crippen LogP contribution in [-0.2, 0) is 4.74 Å². The molecule has 2 saturated heterocycles. The molecule has 2 fully saturated rings. The Morgan fingerprint density at radius 2 is 1.86 bits per heavy atom. The second-order valence-electron chi connectivity index (χ2n) is 5.92. The number of rotatable bonds is 3. The maximum absolute atomic E-state index is 10.3. The van der Waals surface area contributed by atoms with Gasteiger partial charge in [0.1, 0.15) is 11.5 Å². The van der Waals surface area contributed by atoms with Crippen LogP contribution in [0.1, 0.15) is 24.4 Å². The first-order chi connectivity index (χ1) is 10.3. The van der Waals surface area contributed by atoms with Gasteiger partial charge in [0.15, 0.2) is 0 Å². The van der Waals surface area contributed by atoms with Gasteiger partial charge in [0.05, 0.1) is 0 Å². The average Bonchev–Trinajstić information content (AvgIpc) is 2.53. The van der Waals surface area contributed by atoms with Crippen LogP contribution in [0.4, 0.5) is 0 Å². The van der Waals surface area contributed by atoms with Gasteiger partial charge in [-0.3, -0.25) is 4.90 Å². The van der Waals surface area contributed by atoms with Gasteiger partial charge in [-0.1, -0.05) is 0 Å². The number of phenols is 2. The van der Waals surface area contributed by atoms with E-state index in [1.54, 1.807) is 12.1 Å². The number of nitrogens with zero attached hydrogens (tertiary/aromatic N) is 1. The maximum atomic E-state index is 10.3. The monoisotopic (exact) mass is 292 g/mol. The zero-order valence-electron chi connectivity index (χ0n) is 12.3. The fourth-order valence-electron chi connectivity index (χ4n) is 3.52. The number of hydrogen-bond acceptors (Lipinski definition) is 5. The van der Waals surface area contributed by atoms with Gasteiger partial charge in [0, 0.05) is 51.0 Å². The molecule has 1 aromatic carbocycles. The van der Waals surface area contributed by atoms with Crippen molar-refractivity contribution in [1.29, 1.82) is 0 Å². The van der Waals surface area contributed by atoms with E-state index < -0.39 is 0 Å². The van der Waals surface area contributed by atoms with Crippen molar-refractivity contribution in [1.82, 2.24) is 10.2 Å². The van der Waals surface area contributed by atoms with E-state index in [2.05, 4.69) is 10.2 Å². The Hall–Kier alpha value is -1.30. The fourth-order valence-corrected chi connectivity index (χ4v) is 3.52. The van der Waals surface area contributed by atoms with Crippen LogP contribution in [0.3, 0.4) is 0 Å². The molecule has 0 bridgehead atoms. The van der Waals surface area contributed by atoms with E-state index >= 15 is 0 Å². The summed E-state index contributed by atoms with van der Waals surface area (Å²) < 4.78 is 5.48. The highest BCUT2D eigenvalue weighted by Crippen LogP contribution is 2.40. The van der Waals surface area contributed by atoms with E-state index in [1.165, 1.54) is 6.07 Å². The Kier molecular flexibility index (Phi) is 4.63. The Morgan fingerprint density at radius 3 is 2.57 bits per heavy atom. The minimum absolute atomic E-state index is 0.156. The number of nitrogens with one attached hydrogen (secondary N) is 1. The summed E-state index contributed by atoms with van der Waals surface area (Å²) >= 11 is 0. The molecular weight excluding hydrogens is 268 g/mol.